The SMILES string of the molecule is CCC(C)C(C(C)C)C(C)CC(C)C(C)C. The number of hydrogen-bond donors (Lipinski definition) is 0. The fourth-order valence-corrected chi connectivity index (χ4v) is 3.16. The molecule has 0 heterocycles. The second-order valence-corrected chi connectivity index (χ2v) is 6.64. The van der Waals surface area contributed by atoms with Crippen molar-refractivity contribution in [3.8, 4) is 0 Å². The summed E-state index contributed by atoms with van der Waals surface area (Å²) in [5, 5.41) is 0. The summed E-state index contributed by atoms with van der Waals surface area (Å²) in [6.07, 6.45) is 2.72. The molecule has 0 amide bonds. The van der Waals surface area contributed by atoms with Crippen LogP contribution in [0.25, 0.3) is 0 Å². The standard InChI is InChI=1S/C16H34/c1-9-13(6)16(12(4)5)15(8)10-14(7)11(2)3/h11-16H,9-10H2,1-8H3. The highest BCUT2D eigenvalue weighted by Gasteiger charge is 2.27. The van der Waals surface area contributed by atoms with Crippen LogP contribution in [0.2, 0.25) is 0 Å². The highest BCUT2D eigenvalue weighted by atomic mass is 14.3. The zero-order valence-electron chi connectivity index (χ0n) is 12.9. The summed E-state index contributed by atoms with van der Waals surface area (Å²) in [6, 6.07) is 0. The predicted molar refractivity (Wildman–Crippen MR) is 75.6 cm³/mol. The van der Waals surface area contributed by atoms with Crippen LogP contribution in [0.15, 0.2) is 0 Å². The molecule has 0 aliphatic rings. The van der Waals surface area contributed by atoms with Crippen LogP contribution in [0, 0.1) is 35.5 Å². The summed E-state index contributed by atoms with van der Waals surface area (Å²) < 4.78 is 0. The third kappa shape index (κ3) is 4.89. The van der Waals surface area contributed by atoms with E-state index in [2.05, 4.69) is 55.4 Å². The van der Waals surface area contributed by atoms with Gasteiger partial charge < -0.3 is 0 Å². The second kappa shape index (κ2) is 7.35. The molecule has 0 fully saturated rings. The molecule has 98 valence electrons. The van der Waals surface area contributed by atoms with Crippen molar-refractivity contribution in [3.05, 3.63) is 0 Å². The maximum Gasteiger partial charge on any atom is -0.0340 e. The van der Waals surface area contributed by atoms with Gasteiger partial charge in [-0.1, -0.05) is 61.8 Å². The zero-order chi connectivity index (χ0) is 12.9. The first-order valence-electron chi connectivity index (χ1n) is 7.31. The fourth-order valence-electron chi connectivity index (χ4n) is 3.16. The Labute approximate surface area is 104 Å². The summed E-state index contributed by atoms with van der Waals surface area (Å²) >= 11 is 0. The minimum atomic E-state index is 0.823. The van der Waals surface area contributed by atoms with Gasteiger partial charge in [0.2, 0.25) is 0 Å². The van der Waals surface area contributed by atoms with Crippen molar-refractivity contribution in [3.63, 3.8) is 0 Å². The molecule has 0 saturated carbocycles. The third-order valence-electron chi connectivity index (χ3n) is 4.61. The lowest BCUT2D eigenvalue weighted by molar-refractivity contribution is 0.150. The van der Waals surface area contributed by atoms with Crippen molar-refractivity contribution in [2.75, 3.05) is 0 Å². The average Bonchev–Trinajstić information content (AvgIpc) is 2.16. The second-order valence-electron chi connectivity index (χ2n) is 6.64. The quantitative estimate of drug-likeness (QED) is 0.528. The van der Waals surface area contributed by atoms with Gasteiger partial charge in [-0.15, -0.1) is 0 Å². The predicted octanol–water partition coefficient (Wildman–Crippen LogP) is 5.62. The largest absolute Gasteiger partial charge is 0.0651 e. The summed E-state index contributed by atoms with van der Waals surface area (Å²) in [7, 11) is 0. The van der Waals surface area contributed by atoms with E-state index in [1.807, 2.05) is 0 Å². The Kier molecular flexibility index (Phi) is 7.35. The Bertz CT molecular complexity index is 169. The molecule has 0 aliphatic heterocycles. The smallest absolute Gasteiger partial charge is 0.0340 e. The highest BCUT2D eigenvalue weighted by molar-refractivity contribution is 4.76. The van der Waals surface area contributed by atoms with Gasteiger partial charge >= 0.3 is 0 Å². The van der Waals surface area contributed by atoms with Crippen molar-refractivity contribution >= 4 is 0 Å². The maximum atomic E-state index is 2.47. The van der Waals surface area contributed by atoms with Crippen LogP contribution in [-0.2, 0) is 0 Å². The van der Waals surface area contributed by atoms with Crippen LogP contribution in [0.5, 0.6) is 0 Å². The van der Waals surface area contributed by atoms with Crippen molar-refractivity contribution in [1.82, 2.24) is 0 Å². The highest BCUT2D eigenvalue weighted by Crippen LogP contribution is 2.35. The molecule has 0 spiro atoms. The van der Waals surface area contributed by atoms with E-state index in [-0.39, 0.29) is 0 Å². The van der Waals surface area contributed by atoms with Gasteiger partial charge in [0.25, 0.3) is 0 Å². The minimum absolute atomic E-state index is 0.823. The molecule has 16 heavy (non-hydrogen) atoms. The summed E-state index contributed by atoms with van der Waals surface area (Å²) in [6.45, 7) is 19.1. The molecule has 4 unspecified atom stereocenters. The third-order valence-corrected chi connectivity index (χ3v) is 4.61. The topological polar surface area (TPSA) is 0 Å². The number of hydrogen-bond acceptors (Lipinski definition) is 0. The van der Waals surface area contributed by atoms with E-state index in [1.54, 1.807) is 0 Å². The normalized spacial score (nSPS) is 19.9. The first-order valence-corrected chi connectivity index (χ1v) is 7.31. The van der Waals surface area contributed by atoms with E-state index in [4.69, 9.17) is 0 Å². The van der Waals surface area contributed by atoms with E-state index in [1.165, 1.54) is 12.8 Å². The molecule has 0 saturated heterocycles. The molecule has 4 atom stereocenters. The molecule has 0 aromatic carbocycles. The van der Waals surface area contributed by atoms with Crippen LogP contribution in [-0.4, -0.2) is 0 Å². The summed E-state index contributed by atoms with van der Waals surface area (Å²) in [5.74, 6) is 5.14. The van der Waals surface area contributed by atoms with E-state index < -0.39 is 0 Å². The molecule has 0 radical (unpaired) electrons. The van der Waals surface area contributed by atoms with E-state index in [0.717, 1.165) is 35.5 Å². The Hall–Kier alpha value is 0. The Morgan fingerprint density at radius 2 is 1.12 bits per heavy atom. The fraction of sp³-hybridized carbons (Fsp3) is 1.00. The van der Waals surface area contributed by atoms with Crippen LogP contribution in [0.3, 0.4) is 0 Å². The van der Waals surface area contributed by atoms with Crippen molar-refractivity contribution in [2.24, 2.45) is 35.5 Å². The Balaban J connectivity index is 4.44. The lowest BCUT2D eigenvalue weighted by Gasteiger charge is -2.34. The average molecular weight is 226 g/mol. The molecule has 0 heteroatoms. The summed E-state index contributed by atoms with van der Waals surface area (Å²) in [4.78, 5) is 0. The monoisotopic (exact) mass is 226 g/mol. The van der Waals surface area contributed by atoms with E-state index >= 15 is 0 Å². The maximum absolute atomic E-state index is 2.47. The molecule has 0 rings (SSSR count). The van der Waals surface area contributed by atoms with Crippen molar-refractivity contribution in [2.45, 2.75) is 68.2 Å². The Morgan fingerprint density at radius 3 is 1.44 bits per heavy atom. The molecule has 0 aromatic rings. The molecule has 0 aromatic heterocycles. The van der Waals surface area contributed by atoms with Gasteiger partial charge in [-0.25, -0.2) is 0 Å². The lowest BCUT2D eigenvalue weighted by Crippen LogP contribution is -2.27. The van der Waals surface area contributed by atoms with Crippen LogP contribution in [0.1, 0.15) is 68.2 Å². The molecular weight excluding hydrogens is 192 g/mol. The molecular formula is C16H34. The van der Waals surface area contributed by atoms with Crippen LogP contribution >= 0.6 is 0 Å². The van der Waals surface area contributed by atoms with Gasteiger partial charge in [-0.2, -0.15) is 0 Å². The van der Waals surface area contributed by atoms with Crippen LogP contribution in [0.4, 0.5) is 0 Å². The van der Waals surface area contributed by atoms with E-state index in [9.17, 15) is 0 Å². The molecule has 0 aliphatic carbocycles. The zero-order valence-corrected chi connectivity index (χ0v) is 12.9. The van der Waals surface area contributed by atoms with Gasteiger partial charge in [-0.05, 0) is 41.9 Å². The van der Waals surface area contributed by atoms with E-state index in [0.29, 0.717) is 0 Å². The Morgan fingerprint density at radius 1 is 0.625 bits per heavy atom. The van der Waals surface area contributed by atoms with Gasteiger partial charge in [0.05, 0.1) is 0 Å². The first-order chi connectivity index (χ1) is 7.31. The van der Waals surface area contributed by atoms with Gasteiger partial charge in [-0.3, -0.25) is 0 Å². The molecule has 0 N–H and O–H groups in total. The molecule has 0 nitrogen and oxygen atoms in total. The van der Waals surface area contributed by atoms with Gasteiger partial charge in [0.1, 0.15) is 0 Å². The van der Waals surface area contributed by atoms with Gasteiger partial charge in [0.15, 0.2) is 0 Å². The molecule has 0 bridgehead atoms. The first kappa shape index (κ1) is 16.0. The van der Waals surface area contributed by atoms with Crippen molar-refractivity contribution in [1.29, 1.82) is 0 Å². The minimum Gasteiger partial charge on any atom is -0.0651 e. The lowest BCUT2D eigenvalue weighted by atomic mass is 9.71. The summed E-state index contributed by atoms with van der Waals surface area (Å²) in [5.41, 5.74) is 0. The van der Waals surface area contributed by atoms with Crippen molar-refractivity contribution < 1.29 is 0 Å². The number of rotatable bonds is 7. The van der Waals surface area contributed by atoms with Gasteiger partial charge in [0, 0.05) is 0 Å². The van der Waals surface area contributed by atoms with Crippen LogP contribution < -0.4 is 0 Å².